The van der Waals surface area contributed by atoms with E-state index in [1.54, 1.807) is 6.92 Å². The topological polar surface area (TPSA) is 248 Å². The second-order valence-corrected chi connectivity index (χ2v) is 20.0. The molecule has 56 heavy (non-hydrogen) atoms. The van der Waals surface area contributed by atoms with E-state index in [0.717, 1.165) is 6.42 Å². The third-order valence-corrected chi connectivity index (χ3v) is 16.5. The average molecular weight is 803 g/mol. The summed E-state index contributed by atoms with van der Waals surface area (Å²) in [5.74, 6) is -0.764. The molecular weight excluding hydrogens is 732 g/mol. The molecule has 0 aromatic carbocycles. The van der Waals surface area contributed by atoms with Crippen LogP contribution in [0.15, 0.2) is 12.2 Å². The highest BCUT2D eigenvalue weighted by Gasteiger charge is 2.73. The molecule has 1 unspecified atom stereocenters. The summed E-state index contributed by atoms with van der Waals surface area (Å²) in [6.45, 7) is 17.6. The lowest BCUT2D eigenvalue weighted by Gasteiger charge is -2.71. The number of hydrogen-bond acceptors (Lipinski definition) is 15. The highest BCUT2D eigenvalue weighted by molar-refractivity contribution is 5.22. The van der Waals surface area contributed by atoms with Crippen molar-refractivity contribution in [2.75, 3.05) is 13.2 Å². The van der Waals surface area contributed by atoms with Gasteiger partial charge in [0.15, 0.2) is 12.6 Å². The highest BCUT2D eigenvalue weighted by atomic mass is 17.1. The molecule has 15 nitrogen and oxygen atoms in total. The summed E-state index contributed by atoms with van der Waals surface area (Å²) < 4.78 is 23.9. The van der Waals surface area contributed by atoms with Gasteiger partial charge in [-0.3, -0.25) is 5.26 Å². The van der Waals surface area contributed by atoms with Crippen LogP contribution in [0, 0.1) is 45.3 Å². The Kier molecular flexibility index (Phi) is 12.7. The molecule has 6 fully saturated rings. The molecule has 0 aromatic rings. The van der Waals surface area contributed by atoms with Crippen LogP contribution in [0.3, 0.4) is 0 Å². The Labute approximate surface area is 330 Å². The van der Waals surface area contributed by atoms with Gasteiger partial charge in [-0.15, -0.1) is 0 Å². The van der Waals surface area contributed by atoms with Gasteiger partial charge in [0.05, 0.1) is 37.1 Å². The zero-order chi connectivity index (χ0) is 41.5. The summed E-state index contributed by atoms with van der Waals surface area (Å²) in [6, 6.07) is 0. The Morgan fingerprint density at radius 2 is 1.48 bits per heavy atom. The molecule has 0 aromatic heterocycles. The Hall–Kier alpha value is -0.860. The van der Waals surface area contributed by atoms with Crippen LogP contribution < -0.4 is 0 Å². The molecule has 2 saturated heterocycles. The predicted molar refractivity (Wildman–Crippen MR) is 199 cm³/mol. The van der Waals surface area contributed by atoms with Gasteiger partial charge in [-0.2, -0.15) is 0 Å². The normalized spacial score (nSPS) is 51.9. The van der Waals surface area contributed by atoms with Gasteiger partial charge in [0.25, 0.3) is 0 Å². The summed E-state index contributed by atoms with van der Waals surface area (Å²) >= 11 is 0. The van der Waals surface area contributed by atoms with E-state index in [-0.39, 0.29) is 48.5 Å². The molecule has 0 spiro atoms. The molecule has 15 heteroatoms. The van der Waals surface area contributed by atoms with E-state index in [0.29, 0.717) is 37.7 Å². The van der Waals surface area contributed by atoms with Crippen LogP contribution in [0.1, 0.15) is 99.8 Å². The van der Waals surface area contributed by atoms with Gasteiger partial charge in [-0.05, 0) is 116 Å². The van der Waals surface area contributed by atoms with Crippen molar-refractivity contribution in [2.45, 2.75) is 185 Å². The first kappa shape index (κ1) is 44.7. The maximum Gasteiger partial charge on any atom is 0.187 e. The van der Waals surface area contributed by atoms with Gasteiger partial charge in [-0.25, -0.2) is 4.89 Å². The minimum atomic E-state index is -1.73. The van der Waals surface area contributed by atoms with Crippen LogP contribution >= 0.6 is 0 Å². The summed E-state index contributed by atoms with van der Waals surface area (Å²) in [7, 11) is 0. The van der Waals surface area contributed by atoms with E-state index in [9.17, 15) is 51.2 Å². The van der Waals surface area contributed by atoms with Crippen molar-refractivity contribution >= 4 is 0 Å². The van der Waals surface area contributed by atoms with E-state index in [1.165, 1.54) is 0 Å². The summed E-state index contributed by atoms with van der Waals surface area (Å²) in [5, 5.41) is 109. The quantitative estimate of drug-likeness (QED) is 0.0802. The van der Waals surface area contributed by atoms with E-state index in [2.05, 4.69) is 41.2 Å². The van der Waals surface area contributed by atoms with Crippen molar-refractivity contribution in [3.63, 3.8) is 0 Å². The second kappa shape index (κ2) is 15.9. The monoisotopic (exact) mass is 802 g/mol. The van der Waals surface area contributed by atoms with Gasteiger partial charge in [0, 0.05) is 0 Å². The third-order valence-electron chi connectivity index (χ3n) is 16.5. The van der Waals surface area contributed by atoms with Crippen molar-refractivity contribution in [1.82, 2.24) is 0 Å². The second-order valence-electron chi connectivity index (χ2n) is 20.0. The van der Waals surface area contributed by atoms with Gasteiger partial charge in [-0.1, -0.05) is 41.2 Å². The fraction of sp³-hybridized carbons (Fsp3) is 0.951. The molecular formula is C41H70O15. The van der Waals surface area contributed by atoms with Crippen molar-refractivity contribution in [3.8, 4) is 0 Å². The zero-order valence-corrected chi connectivity index (χ0v) is 34.1. The first-order chi connectivity index (χ1) is 26.0. The molecule has 6 aliphatic rings. The molecule has 10 N–H and O–H groups in total. The van der Waals surface area contributed by atoms with Crippen LogP contribution in [-0.4, -0.2) is 150 Å². The summed E-state index contributed by atoms with van der Waals surface area (Å²) in [6.07, 6.45) is -12.2. The van der Waals surface area contributed by atoms with Crippen molar-refractivity contribution in [2.24, 2.45) is 45.3 Å². The highest BCUT2D eigenvalue weighted by Crippen LogP contribution is 2.76. The van der Waals surface area contributed by atoms with Crippen molar-refractivity contribution < 1.29 is 75.1 Å². The fourth-order valence-electron chi connectivity index (χ4n) is 13.3. The van der Waals surface area contributed by atoms with Crippen LogP contribution in [0.5, 0.6) is 0 Å². The molecule has 2 aliphatic heterocycles. The molecule has 0 amide bonds. The Bertz CT molecular complexity index is 1400. The zero-order valence-electron chi connectivity index (χ0n) is 34.1. The molecule has 4 aliphatic carbocycles. The predicted octanol–water partition coefficient (Wildman–Crippen LogP) is 1.23. The van der Waals surface area contributed by atoms with Crippen LogP contribution in [0.2, 0.25) is 0 Å². The van der Waals surface area contributed by atoms with Gasteiger partial charge >= 0.3 is 0 Å². The maximum absolute atomic E-state index is 12.4. The Morgan fingerprint density at radius 3 is 2.12 bits per heavy atom. The van der Waals surface area contributed by atoms with E-state index in [1.807, 2.05) is 6.92 Å². The van der Waals surface area contributed by atoms with Crippen LogP contribution in [0.25, 0.3) is 0 Å². The van der Waals surface area contributed by atoms with Gasteiger partial charge in [0.1, 0.15) is 48.8 Å². The van der Waals surface area contributed by atoms with E-state index in [4.69, 9.17) is 23.8 Å². The van der Waals surface area contributed by atoms with Gasteiger partial charge in [0.2, 0.25) is 0 Å². The molecule has 4 saturated carbocycles. The lowest BCUT2D eigenvalue weighted by molar-refractivity contribution is -0.347. The first-order valence-corrected chi connectivity index (χ1v) is 20.6. The average Bonchev–Trinajstić information content (AvgIpc) is 3.51. The van der Waals surface area contributed by atoms with Crippen LogP contribution in [-0.2, 0) is 23.8 Å². The number of aliphatic hydroxyl groups is 9. The standard InChI is InChI=1S/C41H70O15/c1-19(2)24(56-51)10-14-41(8,55-36-33(50)31(48)30(47)25(54-36)18-53-35-32(49)29(46)23(44)17-52-35)20-9-13-39(6)28(20)21(42)15-26-38(5)12-11-27(45)37(3,4)34(38)22(43)16-40(26,39)7/h20-36,42-51H,1,9-18H2,2-8H3/t20-,21+,22-,23+,24?,25+,26+,27-,28-,29+,30+,31-,32-,33+,34-,35-,36-,38+,39+,40+,41-/m0/s1. The molecule has 0 radical (unpaired) electrons. The van der Waals surface area contributed by atoms with Crippen molar-refractivity contribution in [1.29, 1.82) is 0 Å². The molecule has 324 valence electrons. The summed E-state index contributed by atoms with van der Waals surface area (Å²) in [4.78, 5) is 4.79. The Morgan fingerprint density at radius 1 is 0.821 bits per heavy atom. The van der Waals surface area contributed by atoms with Crippen LogP contribution in [0.4, 0.5) is 0 Å². The lowest BCUT2D eigenvalue weighted by Crippen LogP contribution is -2.70. The molecule has 2 heterocycles. The fourth-order valence-corrected chi connectivity index (χ4v) is 13.3. The first-order valence-electron chi connectivity index (χ1n) is 20.6. The van der Waals surface area contributed by atoms with E-state index < -0.39 is 108 Å². The molecule has 6 rings (SSSR count). The van der Waals surface area contributed by atoms with Gasteiger partial charge < -0.3 is 64.9 Å². The minimum absolute atomic E-state index is 0.0601. The third kappa shape index (κ3) is 7.15. The minimum Gasteiger partial charge on any atom is -0.393 e. The number of aliphatic hydroxyl groups excluding tert-OH is 9. The van der Waals surface area contributed by atoms with E-state index >= 15 is 0 Å². The SMILES string of the molecule is C=C(C)C(CC[C@](C)(O[C@@H]1O[C@H](CO[C@@H]2OC[C@@H](O)[C@@H](O)[C@@H]2O)[C@@H](O)[C@H](O)[C@H]1O)[C@H]1CC[C@]2(C)[C@@H]1[C@H](O)C[C@@H]1[C@@]3(C)CC[C@H](O)C(C)(C)[C@@H]3[C@@H](O)C[C@]12C)OO. The number of ether oxygens (including phenoxy) is 4. The molecule has 0 bridgehead atoms. The smallest absolute Gasteiger partial charge is 0.187 e. The lowest BCUT2D eigenvalue weighted by atomic mass is 9.34. The van der Waals surface area contributed by atoms with Crippen molar-refractivity contribution in [3.05, 3.63) is 12.2 Å². The maximum atomic E-state index is 12.4. The largest absolute Gasteiger partial charge is 0.393 e. The molecule has 21 atom stereocenters. The Balaban J connectivity index is 1.29. The number of fused-ring (bicyclic) bond motifs is 5. The summed E-state index contributed by atoms with van der Waals surface area (Å²) in [5.41, 5.74) is -2.32. The number of rotatable bonds is 11. The number of hydrogen-bond donors (Lipinski definition) is 10.